The second-order valence-electron chi connectivity index (χ2n) is 11.0. The highest BCUT2D eigenvalue weighted by Crippen LogP contribution is 2.32. The Morgan fingerprint density at radius 3 is 1.96 bits per heavy atom. The third-order valence-electron chi connectivity index (χ3n) is 7.30. The Morgan fingerprint density at radius 2 is 1.38 bits per heavy atom. The van der Waals surface area contributed by atoms with E-state index in [1.54, 1.807) is 13.8 Å². The molecule has 0 aromatic heterocycles. The van der Waals surface area contributed by atoms with Gasteiger partial charge in [0.05, 0.1) is 24.8 Å². The van der Waals surface area contributed by atoms with Crippen molar-refractivity contribution in [1.29, 1.82) is 0 Å². The van der Waals surface area contributed by atoms with Gasteiger partial charge in [0.2, 0.25) is 11.8 Å². The second kappa shape index (κ2) is 15.5. The fraction of sp³-hybridized carbons (Fsp3) is 0.257. The summed E-state index contributed by atoms with van der Waals surface area (Å²) in [5, 5.41) is 2.87. The summed E-state index contributed by atoms with van der Waals surface area (Å²) in [5.41, 5.74) is 1.30. The molecule has 1 N–H and O–H groups in total. The zero-order valence-corrected chi connectivity index (χ0v) is 27.3. The molecule has 0 aliphatic carbocycles. The van der Waals surface area contributed by atoms with Crippen LogP contribution in [0, 0.1) is 11.6 Å². The van der Waals surface area contributed by atoms with Crippen molar-refractivity contribution in [1.82, 2.24) is 10.2 Å². The van der Waals surface area contributed by atoms with Crippen molar-refractivity contribution in [2.75, 3.05) is 25.1 Å². The molecule has 0 aliphatic heterocycles. The summed E-state index contributed by atoms with van der Waals surface area (Å²) in [7, 11) is -1.71. The van der Waals surface area contributed by atoms with Crippen LogP contribution in [-0.4, -0.2) is 58.0 Å². The molecule has 0 heterocycles. The highest BCUT2D eigenvalue weighted by atomic mass is 32.2. The van der Waals surface area contributed by atoms with Crippen molar-refractivity contribution in [3.8, 4) is 11.5 Å². The number of rotatable bonds is 14. The quantitative estimate of drug-likeness (QED) is 0.195. The number of carbonyl (C=O) groups excluding carboxylic acids is 2. The van der Waals surface area contributed by atoms with Crippen LogP contribution < -0.4 is 19.1 Å². The number of nitrogens with zero attached hydrogens (tertiary/aromatic N) is 2. The highest BCUT2D eigenvalue weighted by Gasteiger charge is 2.35. The van der Waals surface area contributed by atoms with E-state index in [2.05, 4.69) is 5.32 Å². The average molecular weight is 666 g/mol. The number of hydrogen-bond acceptors (Lipinski definition) is 6. The van der Waals surface area contributed by atoms with Gasteiger partial charge in [0.25, 0.3) is 10.0 Å². The fourth-order valence-electron chi connectivity index (χ4n) is 4.96. The van der Waals surface area contributed by atoms with Crippen molar-refractivity contribution in [3.63, 3.8) is 0 Å². The largest absolute Gasteiger partial charge is 0.493 e. The monoisotopic (exact) mass is 665 g/mol. The first-order valence-corrected chi connectivity index (χ1v) is 16.3. The normalized spacial score (nSPS) is 11.9. The van der Waals surface area contributed by atoms with Gasteiger partial charge < -0.3 is 19.7 Å². The van der Waals surface area contributed by atoms with E-state index < -0.39 is 46.1 Å². The van der Waals surface area contributed by atoms with E-state index in [0.29, 0.717) is 11.3 Å². The van der Waals surface area contributed by atoms with Crippen LogP contribution in [0.15, 0.2) is 102 Å². The third kappa shape index (κ3) is 8.85. The highest BCUT2D eigenvalue weighted by molar-refractivity contribution is 7.92. The summed E-state index contributed by atoms with van der Waals surface area (Å²) in [6, 6.07) is 21.9. The number of benzene rings is 4. The molecule has 12 heteroatoms. The summed E-state index contributed by atoms with van der Waals surface area (Å²) in [6.07, 6.45) is 0.116. The molecule has 0 spiro atoms. The lowest BCUT2D eigenvalue weighted by molar-refractivity contribution is -0.140. The summed E-state index contributed by atoms with van der Waals surface area (Å²) in [6.45, 7) is 2.70. The molecule has 0 fully saturated rings. The minimum absolute atomic E-state index is 0.0162. The molecule has 1 atom stereocenters. The summed E-state index contributed by atoms with van der Waals surface area (Å²) < 4.78 is 67.7. The van der Waals surface area contributed by atoms with Gasteiger partial charge in [-0.3, -0.25) is 13.9 Å². The number of halogens is 2. The summed E-state index contributed by atoms with van der Waals surface area (Å²) in [4.78, 5) is 29.2. The lowest BCUT2D eigenvalue weighted by Crippen LogP contribution is -2.54. The van der Waals surface area contributed by atoms with Gasteiger partial charge in [-0.05, 0) is 73.5 Å². The van der Waals surface area contributed by atoms with Crippen LogP contribution in [0.4, 0.5) is 14.5 Å². The molecule has 0 unspecified atom stereocenters. The van der Waals surface area contributed by atoms with Crippen LogP contribution in [-0.2, 0) is 32.6 Å². The van der Waals surface area contributed by atoms with Crippen molar-refractivity contribution in [2.45, 2.75) is 43.8 Å². The standard InChI is InChI=1S/C35H37F2N3O6S/c1-24(2)38-35(42)31(20-25-8-6-5-7-9-25)39(22-26-10-12-27(36)13-11-26)34(41)23-40(29-16-14-28(37)15-17-29)47(43,44)30-18-19-32(45-3)33(21-30)46-4/h5-19,21,24,31H,20,22-23H2,1-4H3,(H,38,42)/t31-/m1/s1. The van der Waals surface area contributed by atoms with Gasteiger partial charge in [0, 0.05) is 25.1 Å². The molecule has 0 aliphatic rings. The lowest BCUT2D eigenvalue weighted by Gasteiger charge is -2.34. The molecular weight excluding hydrogens is 628 g/mol. The van der Waals surface area contributed by atoms with Crippen molar-refractivity contribution >= 4 is 27.5 Å². The summed E-state index contributed by atoms with van der Waals surface area (Å²) in [5.74, 6) is -1.81. The molecule has 248 valence electrons. The molecule has 4 aromatic carbocycles. The SMILES string of the molecule is COc1ccc(S(=O)(=O)N(CC(=O)N(Cc2ccc(F)cc2)[C@H](Cc2ccccc2)C(=O)NC(C)C)c2ccc(F)cc2)cc1OC. The van der Waals surface area contributed by atoms with E-state index in [9.17, 15) is 26.8 Å². The number of amides is 2. The van der Waals surface area contributed by atoms with Crippen molar-refractivity contribution in [3.05, 3.63) is 120 Å². The zero-order chi connectivity index (χ0) is 34.1. The number of nitrogens with one attached hydrogen (secondary N) is 1. The first-order chi connectivity index (χ1) is 22.4. The van der Waals surface area contributed by atoms with E-state index in [1.807, 2.05) is 30.3 Å². The predicted octanol–water partition coefficient (Wildman–Crippen LogP) is 5.34. The smallest absolute Gasteiger partial charge is 0.264 e. The molecule has 4 rings (SSSR count). The first-order valence-electron chi connectivity index (χ1n) is 14.8. The van der Waals surface area contributed by atoms with Gasteiger partial charge in [-0.2, -0.15) is 0 Å². The molecule has 0 radical (unpaired) electrons. The van der Waals surface area contributed by atoms with Gasteiger partial charge in [-0.15, -0.1) is 0 Å². The Kier molecular flexibility index (Phi) is 11.5. The van der Waals surface area contributed by atoms with Gasteiger partial charge in [0.15, 0.2) is 11.5 Å². The molecule has 4 aromatic rings. The Hall–Kier alpha value is -4.97. The zero-order valence-electron chi connectivity index (χ0n) is 26.5. The Morgan fingerprint density at radius 1 is 0.787 bits per heavy atom. The molecule has 9 nitrogen and oxygen atoms in total. The van der Waals surface area contributed by atoms with Crippen molar-refractivity contribution in [2.24, 2.45) is 0 Å². The van der Waals surface area contributed by atoms with Crippen LogP contribution in [0.3, 0.4) is 0 Å². The van der Waals surface area contributed by atoms with Gasteiger partial charge in [-0.25, -0.2) is 17.2 Å². The Bertz CT molecular complexity index is 1770. The van der Waals surface area contributed by atoms with E-state index in [4.69, 9.17) is 9.47 Å². The fourth-order valence-corrected chi connectivity index (χ4v) is 6.39. The summed E-state index contributed by atoms with van der Waals surface area (Å²) >= 11 is 0. The minimum atomic E-state index is -4.48. The number of hydrogen-bond donors (Lipinski definition) is 1. The predicted molar refractivity (Wildman–Crippen MR) is 175 cm³/mol. The number of anilines is 1. The molecule has 0 saturated heterocycles. The lowest BCUT2D eigenvalue weighted by atomic mass is 10.0. The van der Waals surface area contributed by atoms with E-state index in [0.717, 1.165) is 22.0 Å². The molecule has 2 amide bonds. The van der Waals surface area contributed by atoms with Gasteiger partial charge in [0.1, 0.15) is 24.2 Å². The van der Waals surface area contributed by atoms with Crippen LogP contribution in [0.2, 0.25) is 0 Å². The molecule has 0 bridgehead atoms. The Labute approximate surface area is 273 Å². The minimum Gasteiger partial charge on any atom is -0.493 e. The molecule has 0 saturated carbocycles. The first kappa shape index (κ1) is 34.9. The maximum Gasteiger partial charge on any atom is 0.264 e. The number of sulfonamides is 1. The number of ether oxygens (including phenoxy) is 2. The topological polar surface area (TPSA) is 105 Å². The van der Waals surface area contributed by atoms with E-state index >= 15 is 0 Å². The van der Waals surface area contributed by atoms with Gasteiger partial charge in [-0.1, -0.05) is 42.5 Å². The molecular formula is C35H37F2N3O6S. The molecule has 47 heavy (non-hydrogen) atoms. The van der Waals surface area contributed by atoms with Crippen LogP contribution in [0.25, 0.3) is 0 Å². The number of methoxy groups -OCH3 is 2. The van der Waals surface area contributed by atoms with Crippen molar-refractivity contribution < 1.29 is 36.3 Å². The third-order valence-corrected chi connectivity index (χ3v) is 9.07. The van der Waals surface area contributed by atoms with Crippen LogP contribution >= 0.6 is 0 Å². The maximum absolute atomic E-state index is 14.4. The van der Waals surface area contributed by atoms with E-state index in [1.165, 1.54) is 73.7 Å². The van der Waals surface area contributed by atoms with Crippen LogP contribution in [0.5, 0.6) is 11.5 Å². The van der Waals surface area contributed by atoms with E-state index in [-0.39, 0.29) is 35.3 Å². The Balaban J connectivity index is 1.82. The second-order valence-corrected chi connectivity index (χ2v) is 12.9. The van der Waals surface area contributed by atoms with Crippen LogP contribution in [0.1, 0.15) is 25.0 Å². The van der Waals surface area contributed by atoms with Gasteiger partial charge >= 0.3 is 0 Å². The number of carbonyl (C=O) groups is 2. The maximum atomic E-state index is 14.4. The average Bonchev–Trinajstić information content (AvgIpc) is 3.06.